The Hall–Kier alpha value is -3.97. The van der Waals surface area contributed by atoms with E-state index >= 15 is 4.39 Å². The number of nitrogens with two attached hydrogens (primary N) is 1. The number of thiophene rings is 1. The zero-order chi connectivity index (χ0) is 32.6. The van der Waals surface area contributed by atoms with Crippen LogP contribution >= 0.6 is 22.9 Å². The molecule has 0 spiro atoms. The van der Waals surface area contributed by atoms with Crippen molar-refractivity contribution >= 4 is 54.7 Å². The molecule has 4 aromatic rings. The Morgan fingerprint density at radius 1 is 1.21 bits per heavy atom. The molecule has 0 aliphatic carbocycles. The predicted octanol–water partition coefficient (Wildman–Crippen LogP) is 7.04. The Morgan fingerprint density at radius 3 is 2.87 bits per heavy atom. The minimum Gasteiger partial charge on any atom is -0.489 e. The normalized spacial score (nSPS) is 25.2. The molecule has 2 aromatic carbocycles. The maximum atomic E-state index is 17.2. The van der Waals surface area contributed by atoms with E-state index in [0.29, 0.717) is 36.7 Å². The first-order valence-corrected chi connectivity index (χ1v) is 17.2. The van der Waals surface area contributed by atoms with Gasteiger partial charge in [-0.3, -0.25) is 4.90 Å². The van der Waals surface area contributed by atoms with Crippen LogP contribution < -0.4 is 20.1 Å². The lowest BCUT2D eigenvalue weighted by Crippen LogP contribution is -2.46. The van der Waals surface area contributed by atoms with Crippen molar-refractivity contribution in [1.82, 2.24) is 14.9 Å². The van der Waals surface area contributed by atoms with Crippen LogP contribution in [-0.4, -0.2) is 59.3 Å². The lowest BCUT2D eigenvalue weighted by atomic mass is 9.91. The standard InChI is InChI=1S/C34H32ClF2N7O2S/c1-17-11-34(8-2-10-43(34)13-17)16-46-33-41-28-25-29(45-15-19-4-3-18(7-9-38)14-44(19)32(25)42-33)26(35)24(27(28)37)20-5-6-22(36)30-23(20)21(12-39)31(40)47-30/h5-6,17-19H,2-4,7-8,10-11,13-16,40H2,1H3/t17-,18?,19?,34?/m1/s1. The molecule has 2 N–H and O–H groups in total. The van der Waals surface area contributed by atoms with Gasteiger partial charge >= 0.3 is 6.01 Å². The number of hydrogen-bond acceptors (Lipinski definition) is 10. The van der Waals surface area contributed by atoms with Crippen LogP contribution in [0.25, 0.3) is 32.1 Å². The number of benzene rings is 2. The van der Waals surface area contributed by atoms with Gasteiger partial charge in [0.05, 0.1) is 38.3 Å². The smallest absolute Gasteiger partial charge is 0.319 e. The number of halogens is 3. The molecule has 0 saturated carbocycles. The molecule has 3 fully saturated rings. The highest BCUT2D eigenvalue weighted by atomic mass is 35.5. The molecule has 2 aromatic heterocycles. The number of fused-ring (bicyclic) bond motifs is 4. The van der Waals surface area contributed by atoms with Gasteiger partial charge in [0, 0.05) is 30.5 Å². The molecule has 4 aliphatic heterocycles. The van der Waals surface area contributed by atoms with E-state index in [0.717, 1.165) is 56.5 Å². The van der Waals surface area contributed by atoms with Crippen molar-refractivity contribution in [3.05, 3.63) is 34.4 Å². The second-order valence-electron chi connectivity index (χ2n) is 13.4. The Balaban J connectivity index is 1.34. The molecular formula is C34H32ClF2N7O2S. The topological polar surface area (TPSA) is 124 Å². The van der Waals surface area contributed by atoms with Crippen LogP contribution in [0.5, 0.6) is 11.8 Å². The number of anilines is 2. The van der Waals surface area contributed by atoms with Gasteiger partial charge in [-0.2, -0.15) is 20.5 Å². The first-order valence-electron chi connectivity index (χ1n) is 16.0. The van der Waals surface area contributed by atoms with Crippen LogP contribution in [0.4, 0.5) is 19.6 Å². The number of ether oxygens (including phenoxy) is 2. The largest absolute Gasteiger partial charge is 0.489 e. The zero-order valence-corrected chi connectivity index (χ0v) is 27.4. The second kappa shape index (κ2) is 11.3. The number of nitrogens with zero attached hydrogens (tertiary/aromatic N) is 6. The van der Waals surface area contributed by atoms with Crippen LogP contribution in [0.1, 0.15) is 51.0 Å². The Morgan fingerprint density at radius 2 is 2.06 bits per heavy atom. The van der Waals surface area contributed by atoms with E-state index in [1.54, 1.807) is 0 Å². The van der Waals surface area contributed by atoms with Crippen molar-refractivity contribution in [2.24, 2.45) is 11.8 Å². The van der Waals surface area contributed by atoms with Crippen molar-refractivity contribution in [1.29, 1.82) is 10.5 Å². The number of hydrogen-bond donors (Lipinski definition) is 1. The number of piperidine rings is 1. The minimum atomic E-state index is -0.758. The van der Waals surface area contributed by atoms with Gasteiger partial charge < -0.3 is 20.1 Å². The summed E-state index contributed by atoms with van der Waals surface area (Å²) in [7, 11) is 0. The van der Waals surface area contributed by atoms with E-state index in [2.05, 4.69) is 33.8 Å². The van der Waals surface area contributed by atoms with Crippen LogP contribution in [0, 0.1) is 46.1 Å². The first kappa shape index (κ1) is 30.4. The van der Waals surface area contributed by atoms with E-state index < -0.39 is 11.6 Å². The van der Waals surface area contributed by atoms with Gasteiger partial charge in [-0.25, -0.2) is 8.78 Å². The Kier molecular flexibility index (Phi) is 7.32. The quantitative estimate of drug-likeness (QED) is 0.237. The summed E-state index contributed by atoms with van der Waals surface area (Å²) < 4.78 is 45.1. The fourth-order valence-corrected chi connectivity index (χ4v) is 9.70. The summed E-state index contributed by atoms with van der Waals surface area (Å²) in [6.45, 7) is 5.48. The maximum absolute atomic E-state index is 17.2. The SMILES string of the molecule is C[C@H]1CN2CCCC2(COc2nc3c4c(c(Cl)c(-c5ccc(F)c6sc(N)c(C#N)c56)c(F)c4n2)OCC2CCC(CC#N)CN32)C1. The van der Waals surface area contributed by atoms with Crippen molar-refractivity contribution in [2.45, 2.75) is 57.0 Å². The third-order valence-corrected chi connectivity index (χ3v) is 11.9. The molecule has 0 amide bonds. The van der Waals surface area contributed by atoms with Crippen molar-refractivity contribution in [3.8, 4) is 35.0 Å². The summed E-state index contributed by atoms with van der Waals surface area (Å²) in [6.07, 6.45) is 5.11. The minimum absolute atomic E-state index is 0.0241. The average molecular weight is 676 g/mol. The van der Waals surface area contributed by atoms with Gasteiger partial charge in [0.1, 0.15) is 41.4 Å². The van der Waals surface area contributed by atoms with Gasteiger partial charge in [-0.15, -0.1) is 11.3 Å². The molecule has 4 atom stereocenters. The summed E-state index contributed by atoms with van der Waals surface area (Å²) in [6, 6.07) is 6.94. The fourth-order valence-electron chi connectivity index (χ4n) is 8.42. The first-order chi connectivity index (χ1) is 22.7. The molecule has 0 bridgehead atoms. The Labute approximate surface area is 279 Å². The molecular weight excluding hydrogens is 644 g/mol. The number of aromatic nitrogens is 2. The van der Waals surface area contributed by atoms with Gasteiger partial charge in [-0.05, 0) is 62.1 Å². The predicted molar refractivity (Wildman–Crippen MR) is 177 cm³/mol. The van der Waals surface area contributed by atoms with Crippen molar-refractivity contribution < 1.29 is 18.3 Å². The molecule has 0 radical (unpaired) electrons. The van der Waals surface area contributed by atoms with Crippen LogP contribution in [-0.2, 0) is 0 Å². The van der Waals surface area contributed by atoms with E-state index in [1.807, 2.05) is 0 Å². The molecule has 242 valence electrons. The van der Waals surface area contributed by atoms with Crippen LogP contribution in [0.3, 0.4) is 0 Å². The van der Waals surface area contributed by atoms with Gasteiger partial charge in [-0.1, -0.05) is 24.6 Å². The summed E-state index contributed by atoms with van der Waals surface area (Å²) in [4.78, 5) is 14.2. The van der Waals surface area contributed by atoms with Crippen molar-refractivity contribution in [2.75, 3.05) is 43.5 Å². The molecule has 3 unspecified atom stereocenters. The highest BCUT2D eigenvalue weighted by Gasteiger charge is 2.48. The lowest BCUT2D eigenvalue weighted by molar-refractivity contribution is 0.107. The highest BCUT2D eigenvalue weighted by molar-refractivity contribution is 7.23. The lowest BCUT2D eigenvalue weighted by Gasteiger charge is -2.38. The Bertz CT molecular complexity index is 2040. The molecule has 4 aliphatic rings. The number of nitriles is 2. The highest BCUT2D eigenvalue weighted by Crippen LogP contribution is 2.52. The molecule has 8 rings (SSSR count). The van der Waals surface area contributed by atoms with Gasteiger partial charge in [0.2, 0.25) is 0 Å². The molecule has 47 heavy (non-hydrogen) atoms. The van der Waals surface area contributed by atoms with Gasteiger partial charge in [0.15, 0.2) is 11.6 Å². The second-order valence-corrected chi connectivity index (χ2v) is 14.9. The molecule has 3 saturated heterocycles. The van der Waals surface area contributed by atoms with E-state index in [9.17, 15) is 14.9 Å². The maximum Gasteiger partial charge on any atom is 0.319 e. The monoisotopic (exact) mass is 675 g/mol. The van der Waals surface area contributed by atoms with E-state index in [1.165, 1.54) is 12.1 Å². The van der Waals surface area contributed by atoms with Crippen LogP contribution in [0.2, 0.25) is 5.02 Å². The third-order valence-electron chi connectivity index (χ3n) is 10.5. The molecule has 9 nitrogen and oxygen atoms in total. The summed E-state index contributed by atoms with van der Waals surface area (Å²) in [5, 5.41) is 20.0. The summed E-state index contributed by atoms with van der Waals surface area (Å²) in [5.74, 6) is 0.00526. The number of nitrogen functional groups attached to an aromatic ring is 1. The fraction of sp³-hybridized carbons (Fsp3) is 0.471. The van der Waals surface area contributed by atoms with Crippen molar-refractivity contribution in [3.63, 3.8) is 0 Å². The molecule has 6 heterocycles. The van der Waals surface area contributed by atoms with Gasteiger partial charge in [0.25, 0.3) is 0 Å². The van der Waals surface area contributed by atoms with Crippen LogP contribution in [0.15, 0.2) is 12.1 Å². The summed E-state index contributed by atoms with van der Waals surface area (Å²) in [5.41, 5.74) is 6.18. The number of rotatable bonds is 5. The van der Waals surface area contributed by atoms with E-state index in [4.69, 9.17) is 31.8 Å². The molecule has 13 heteroatoms. The van der Waals surface area contributed by atoms with E-state index in [-0.39, 0.29) is 78.2 Å². The third kappa shape index (κ3) is 4.67. The summed E-state index contributed by atoms with van der Waals surface area (Å²) >= 11 is 7.99. The zero-order valence-electron chi connectivity index (χ0n) is 25.8. The average Bonchev–Trinajstić information content (AvgIpc) is 3.66.